The summed E-state index contributed by atoms with van der Waals surface area (Å²) in [6, 6.07) is 0. The highest BCUT2D eigenvalue weighted by Gasteiger charge is 2.45. The first-order valence-electron chi connectivity index (χ1n) is 7.69. The third-order valence-corrected chi connectivity index (χ3v) is 5.51. The molecule has 102 valence electrons. The summed E-state index contributed by atoms with van der Waals surface area (Å²) in [5.74, 6) is 2.75. The minimum Gasteiger partial charge on any atom is -0.405 e. The van der Waals surface area contributed by atoms with Crippen LogP contribution >= 0.6 is 0 Å². The Morgan fingerprint density at radius 2 is 2.22 bits per heavy atom. The fourth-order valence-corrected chi connectivity index (χ4v) is 4.31. The van der Waals surface area contributed by atoms with Crippen LogP contribution in [0.1, 0.15) is 58.8 Å². The number of fused-ring (bicyclic) bond motifs is 1. The zero-order valence-corrected chi connectivity index (χ0v) is 12.1. The molecule has 0 heterocycles. The molecule has 0 aliphatic heterocycles. The predicted octanol–water partition coefficient (Wildman–Crippen LogP) is 4.65. The van der Waals surface area contributed by atoms with Gasteiger partial charge in [0, 0.05) is 0 Å². The number of hydrogen-bond donors (Lipinski definition) is 1. The van der Waals surface area contributed by atoms with Crippen molar-refractivity contribution in [2.45, 2.75) is 58.8 Å². The molecule has 2 rings (SSSR count). The van der Waals surface area contributed by atoms with Gasteiger partial charge in [0.2, 0.25) is 0 Å². The lowest BCUT2D eigenvalue weighted by atomic mass is 9.70. The quantitative estimate of drug-likeness (QED) is 0.719. The van der Waals surface area contributed by atoms with E-state index in [4.69, 9.17) is 5.73 Å². The molecule has 0 radical (unpaired) electrons. The van der Waals surface area contributed by atoms with Crippen molar-refractivity contribution in [1.29, 1.82) is 0 Å². The summed E-state index contributed by atoms with van der Waals surface area (Å²) >= 11 is 0. The highest BCUT2D eigenvalue weighted by molar-refractivity contribution is 5.03. The van der Waals surface area contributed by atoms with Crippen molar-refractivity contribution in [3.8, 4) is 0 Å². The molecule has 1 nitrogen and oxygen atoms in total. The number of hydrogen-bond acceptors (Lipinski definition) is 1. The summed E-state index contributed by atoms with van der Waals surface area (Å²) in [5.41, 5.74) is 6.02. The van der Waals surface area contributed by atoms with E-state index in [0.717, 1.165) is 24.2 Å². The second-order valence-electron chi connectivity index (χ2n) is 6.70. The van der Waals surface area contributed by atoms with Gasteiger partial charge in [0.1, 0.15) is 0 Å². The summed E-state index contributed by atoms with van der Waals surface area (Å²) in [7, 11) is 0. The topological polar surface area (TPSA) is 26.0 Å². The molecular weight excluding hydrogens is 218 g/mol. The Morgan fingerprint density at radius 1 is 1.39 bits per heavy atom. The molecule has 0 amide bonds. The van der Waals surface area contributed by atoms with Gasteiger partial charge in [-0.05, 0) is 74.3 Å². The largest absolute Gasteiger partial charge is 0.405 e. The standard InChI is InChI=1S/C17H29N/c1-14(8-5-7-13-18)15-10-12-17(2)11-6-3-4-9-16(15)17/h3,6-7,13-16H,4-5,8-12,18H2,1-2H3/b13-7-/t14?,15?,16?,17-/m0/s1. The average Bonchev–Trinajstić information content (AvgIpc) is 2.55. The molecule has 2 aliphatic carbocycles. The Hall–Kier alpha value is -0.720. The first kappa shape index (κ1) is 13.7. The monoisotopic (exact) mass is 247 g/mol. The summed E-state index contributed by atoms with van der Waals surface area (Å²) < 4.78 is 0. The maximum atomic E-state index is 5.43. The van der Waals surface area contributed by atoms with Crippen LogP contribution in [0, 0.1) is 23.2 Å². The van der Waals surface area contributed by atoms with E-state index in [9.17, 15) is 0 Å². The minimum atomic E-state index is 0.593. The van der Waals surface area contributed by atoms with Gasteiger partial charge < -0.3 is 5.73 Å². The van der Waals surface area contributed by atoms with Crippen LogP contribution in [0.5, 0.6) is 0 Å². The van der Waals surface area contributed by atoms with Crippen molar-refractivity contribution in [1.82, 2.24) is 0 Å². The second-order valence-corrected chi connectivity index (χ2v) is 6.70. The molecule has 0 spiro atoms. The fourth-order valence-electron chi connectivity index (χ4n) is 4.31. The summed E-state index contributed by atoms with van der Waals surface area (Å²) in [4.78, 5) is 0. The first-order chi connectivity index (χ1) is 8.67. The highest BCUT2D eigenvalue weighted by atomic mass is 14.5. The molecule has 2 N–H and O–H groups in total. The van der Waals surface area contributed by atoms with E-state index in [1.54, 1.807) is 6.20 Å². The van der Waals surface area contributed by atoms with Crippen molar-refractivity contribution in [3.63, 3.8) is 0 Å². The third-order valence-electron chi connectivity index (χ3n) is 5.51. The predicted molar refractivity (Wildman–Crippen MR) is 79.0 cm³/mol. The first-order valence-corrected chi connectivity index (χ1v) is 7.69. The van der Waals surface area contributed by atoms with E-state index in [1.807, 2.05) is 0 Å². The second kappa shape index (κ2) is 5.95. The lowest BCUT2D eigenvalue weighted by molar-refractivity contribution is 0.153. The van der Waals surface area contributed by atoms with E-state index in [-0.39, 0.29) is 0 Å². The van der Waals surface area contributed by atoms with Gasteiger partial charge in [-0.3, -0.25) is 0 Å². The van der Waals surface area contributed by atoms with Crippen molar-refractivity contribution in [3.05, 3.63) is 24.4 Å². The zero-order chi connectivity index (χ0) is 13.0. The highest BCUT2D eigenvalue weighted by Crippen LogP contribution is 2.55. The van der Waals surface area contributed by atoms with E-state index < -0.39 is 0 Å². The van der Waals surface area contributed by atoms with Crippen LogP contribution in [0.3, 0.4) is 0 Å². The van der Waals surface area contributed by atoms with Gasteiger partial charge >= 0.3 is 0 Å². The molecule has 1 saturated carbocycles. The molecule has 1 fully saturated rings. The maximum absolute atomic E-state index is 5.43. The van der Waals surface area contributed by atoms with Gasteiger partial charge in [-0.25, -0.2) is 0 Å². The van der Waals surface area contributed by atoms with Crippen LogP contribution in [0.4, 0.5) is 0 Å². The third kappa shape index (κ3) is 2.81. The molecule has 1 heteroatoms. The molecule has 0 bridgehead atoms. The zero-order valence-electron chi connectivity index (χ0n) is 12.1. The molecule has 0 aromatic carbocycles. The summed E-state index contributed by atoms with van der Waals surface area (Å²) in [6.07, 6.45) is 18.0. The molecule has 4 atom stereocenters. The molecule has 0 saturated heterocycles. The van der Waals surface area contributed by atoms with Crippen LogP contribution in [0.15, 0.2) is 24.4 Å². The molecular formula is C17H29N. The molecule has 0 aromatic rings. The Morgan fingerprint density at radius 3 is 3.00 bits per heavy atom. The lowest BCUT2D eigenvalue weighted by Crippen LogP contribution is -2.27. The lowest BCUT2D eigenvalue weighted by Gasteiger charge is -2.34. The maximum Gasteiger partial charge on any atom is -0.0103 e. The molecule has 0 aromatic heterocycles. The number of nitrogens with two attached hydrogens (primary N) is 1. The Bertz CT molecular complexity index is 318. The van der Waals surface area contributed by atoms with E-state index in [1.165, 1.54) is 38.5 Å². The van der Waals surface area contributed by atoms with Crippen LogP contribution < -0.4 is 5.73 Å². The smallest absolute Gasteiger partial charge is 0.0103 e. The van der Waals surface area contributed by atoms with Gasteiger partial charge in [0.15, 0.2) is 0 Å². The van der Waals surface area contributed by atoms with Crippen molar-refractivity contribution in [2.75, 3.05) is 0 Å². The fraction of sp³-hybridized carbons (Fsp3) is 0.765. The van der Waals surface area contributed by atoms with Gasteiger partial charge in [-0.15, -0.1) is 0 Å². The molecule has 3 unspecified atom stereocenters. The van der Waals surface area contributed by atoms with Gasteiger partial charge in [0.05, 0.1) is 0 Å². The Kier molecular flexibility index (Phi) is 4.53. The van der Waals surface area contributed by atoms with Gasteiger partial charge in [-0.2, -0.15) is 0 Å². The van der Waals surface area contributed by atoms with Crippen LogP contribution in [-0.2, 0) is 0 Å². The van der Waals surface area contributed by atoms with Crippen molar-refractivity contribution < 1.29 is 0 Å². The van der Waals surface area contributed by atoms with Crippen molar-refractivity contribution >= 4 is 0 Å². The van der Waals surface area contributed by atoms with E-state index in [0.29, 0.717) is 5.41 Å². The van der Waals surface area contributed by atoms with E-state index >= 15 is 0 Å². The van der Waals surface area contributed by atoms with Crippen LogP contribution in [-0.4, -0.2) is 0 Å². The Labute approximate surface area is 113 Å². The van der Waals surface area contributed by atoms with Crippen molar-refractivity contribution in [2.24, 2.45) is 28.9 Å². The van der Waals surface area contributed by atoms with E-state index in [2.05, 4.69) is 32.1 Å². The normalized spacial score (nSPS) is 37.7. The summed E-state index contributed by atoms with van der Waals surface area (Å²) in [5, 5.41) is 0. The summed E-state index contributed by atoms with van der Waals surface area (Å²) in [6.45, 7) is 4.99. The van der Waals surface area contributed by atoms with Crippen LogP contribution in [0.25, 0.3) is 0 Å². The average molecular weight is 247 g/mol. The van der Waals surface area contributed by atoms with Crippen LogP contribution in [0.2, 0.25) is 0 Å². The number of rotatable bonds is 4. The molecule has 2 aliphatic rings. The van der Waals surface area contributed by atoms with Gasteiger partial charge in [0.25, 0.3) is 0 Å². The molecule has 18 heavy (non-hydrogen) atoms. The SMILES string of the molecule is CC(CC/C=C\N)C1CC[C@]2(C)CC=CCCC12. The Balaban J connectivity index is 1.98. The van der Waals surface area contributed by atoms with Gasteiger partial charge in [-0.1, -0.05) is 32.1 Å². The number of allylic oxidation sites excluding steroid dienone is 3. The minimum absolute atomic E-state index is 0.593.